The molecule has 2 unspecified atom stereocenters. The van der Waals surface area contributed by atoms with Crippen LogP contribution in [0.5, 0.6) is 0 Å². The van der Waals surface area contributed by atoms with E-state index >= 15 is 0 Å². The van der Waals surface area contributed by atoms with E-state index in [-0.39, 0.29) is 12.1 Å². The molecule has 2 nitrogen and oxygen atoms in total. The lowest BCUT2D eigenvalue weighted by atomic mass is 10.0. The SMILES string of the molecule is CCOC(c1ccsc1)C(N)CC. The van der Waals surface area contributed by atoms with E-state index < -0.39 is 0 Å². The predicted molar refractivity (Wildman–Crippen MR) is 57.0 cm³/mol. The van der Waals surface area contributed by atoms with Gasteiger partial charge < -0.3 is 10.5 Å². The molecule has 2 N–H and O–H groups in total. The Morgan fingerprint density at radius 2 is 2.31 bits per heavy atom. The molecular weight excluding hydrogens is 182 g/mol. The molecule has 1 aromatic heterocycles. The minimum absolute atomic E-state index is 0.0706. The second-order valence-corrected chi connectivity index (χ2v) is 3.78. The van der Waals surface area contributed by atoms with Crippen LogP contribution in [0.4, 0.5) is 0 Å². The molecule has 3 heteroatoms. The fourth-order valence-electron chi connectivity index (χ4n) is 1.30. The minimum Gasteiger partial charge on any atom is -0.372 e. The highest BCUT2D eigenvalue weighted by atomic mass is 32.1. The van der Waals surface area contributed by atoms with Crippen LogP contribution in [0.15, 0.2) is 16.8 Å². The molecule has 0 aliphatic heterocycles. The van der Waals surface area contributed by atoms with Gasteiger partial charge in [0.05, 0.1) is 6.10 Å². The van der Waals surface area contributed by atoms with Gasteiger partial charge in [0.25, 0.3) is 0 Å². The molecule has 0 aliphatic rings. The lowest BCUT2D eigenvalue weighted by Gasteiger charge is -2.21. The van der Waals surface area contributed by atoms with Gasteiger partial charge in [0, 0.05) is 12.6 Å². The molecule has 0 amide bonds. The number of ether oxygens (including phenoxy) is 1. The van der Waals surface area contributed by atoms with E-state index in [1.54, 1.807) is 11.3 Å². The van der Waals surface area contributed by atoms with Crippen LogP contribution in [0.25, 0.3) is 0 Å². The third-order valence-corrected chi connectivity index (χ3v) is 2.78. The predicted octanol–water partition coefficient (Wildman–Crippen LogP) is 2.56. The number of hydrogen-bond donors (Lipinski definition) is 1. The summed E-state index contributed by atoms with van der Waals surface area (Å²) in [6, 6.07) is 2.19. The number of hydrogen-bond acceptors (Lipinski definition) is 3. The van der Waals surface area contributed by atoms with Crippen LogP contribution in [-0.4, -0.2) is 12.6 Å². The number of nitrogens with two attached hydrogens (primary N) is 1. The van der Waals surface area contributed by atoms with Gasteiger partial charge in [-0.2, -0.15) is 11.3 Å². The third kappa shape index (κ3) is 2.79. The van der Waals surface area contributed by atoms with Crippen LogP contribution in [0.3, 0.4) is 0 Å². The van der Waals surface area contributed by atoms with Gasteiger partial charge >= 0.3 is 0 Å². The van der Waals surface area contributed by atoms with Crippen LogP contribution in [0.1, 0.15) is 31.9 Å². The summed E-state index contributed by atoms with van der Waals surface area (Å²) in [6.45, 7) is 4.80. The fourth-order valence-corrected chi connectivity index (χ4v) is 1.98. The molecule has 74 valence electrons. The molecule has 2 atom stereocenters. The molecule has 0 radical (unpaired) electrons. The van der Waals surface area contributed by atoms with Crippen molar-refractivity contribution in [1.82, 2.24) is 0 Å². The Bertz CT molecular complexity index is 223. The average Bonchev–Trinajstić information content (AvgIpc) is 2.65. The van der Waals surface area contributed by atoms with Gasteiger partial charge in [-0.3, -0.25) is 0 Å². The van der Waals surface area contributed by atoms with Crippen molar-refractivity contribution < 1.29 is 4.74 Å². The third-order valence-electron chi connectivity index (χ3n) is 2.08. The Labute approximate surface area is 83.7 Å². The van der Waals surface area contributed by atoms with Crippen molar-refractivity contribution in [3.05, 3.63) is 22.4 Å². The Morgan fingerprint density at radius 3 is 2.77 bits per heavy atom. The van der Waals surface area contributed by atoms with Crippen molar-refractivity contribution in [2.75, 3.05) is 6.61 Å². The van der Waals surface area contributed by atoms with Gasteiger partial charge in [-0.05, 0) is 35.7 Å². The summed E-state index contributed by atoms with van der Waals surface area (Å²) < 4.78 is 5.62. The van der Waals surface area contributed by atoms with Gasteiger partial charge in [-0.1, -0.05) is 6.92 Å². The molecule has 13 heavy (non-hydrogen) atoms. The number of rotatable bonds is 5. The maximum absolute atomic E-state index is 5.97. The Kier molecular flexibility index (Phi) is 4.42. The lowest BCUT2D eigenvalue weighted by Crippen LogP contribution is -2.29. The highest BCUT2D eigenvalue weighted by molar-refractivity contribution is 7.07. The molecule has 0 aromatic carbocycles. The molecule has 0 spiro atoms. The molecule has 0 aliphatic carbocycles. The molecule has 1 rings (SSSR count). The second kappa shape index (κ2) is 5.37. The van der Waals surface area contributed by atoms with E-state index in [0.29, 0.717) is 6.61 Å². The standard InChI is InChI=1S/C10H17NOS/c1-3-9(11)10(12-4-2)8-5-6-13-7-8/h5-7,9-10H,3-4,11H2,1-2H3. The van der Waals surface area contributed by atoms with E-state index in [1.807, 2.05) is 6.92 Å². The van der Waals surface area contributed by atoms with Crippen molar-refractivity contribution in [1.29, 1.82) is 0 Å². The molecule has 1 heterocycles. The summed E-state index contributed by atoms with van der Waals surface area (Å²) in [4.78, 5) is 0. The maximum atomic E-state index is 5.97. The van der Waals surface area contributed by atoms with Gasteiger partial charge in [0.2, 0.25) is 0 Å². The first-order chi connectivity index (χ1) is 6.29. The van der Waals surface area contributed by atoms with Crippen molar-refractivity contribution in [3.63, 3.8) is 0 Å². The Balaban J connectivity index is 2.68. The van der Waals surface area contributed by atoms with Crippen LogP contribution in [0, 0.1) is 0 Å². The first kappa shape index (κ1) is 10.7. The summed E-state index contributed by atoms with van der Waals surface area (Å²) in [6.07, 6.45) is 1.02. The lowest BCUT2D eigenvalue weighted by molar-refractivity contribution is 0.0427. The first-order valence-corrected chi connectivity index (χ1v) is 5.63. The van der Waals surface area contributed by atoms with Crippen molar-refractivity contribution in [2.24, 2.45) is 5.73 Å². The van der Waals surface area contributed by atoms with Crippen LogP contribution < -0.4 is 5.73 Å². The van der Waals surface area contributed by atoms with E-state index in [9.17, 15) is 0 Å². The maximum Gasteiger partial charge on any atom is 0.0983 e. The normalized spacial score (nSPS) is 15.6. The quantitative estimate of drug-likeness (QED) is 0.791. The van der Waals surface area contributed by atoms with E-state index in [4.69, 9.17) is 10.5 Å². The molecule has 0 fully saturated rings. The molecule has 0 saturated carbocycles. The van der Waals surface area contributed by atoms with Gasteiger partial charge in [-0.25, -0.2) is 0 Å². The van der Waals surface area contributed by atoms with Gasteiger partial charge in [0.15, 0.2) is 0 Å². The summed E-state index contributed by atoms with van der Waals surface area (Å²) in [7, 11) is 0. The van der Waals surface area contributed by atoms with E-state index in [0.717, 1.165) is 6.42 Å². The van der Waals surface area contributed by atoms with Crippen LogP contribution in [0.2, 0.25) is 0 Å². The summed E-state index contributed by atoms with van der Waals surface area (Å²) in [5.74, 6) is 0. The molecule has 0 saturated heterocycles. The zero-order valence-corrected chi connectivity index (χ0v) is 9.01. The average molecular weight is 199 g/mol. The summed E-state index contributed by atoms with van der Waals surface area (Å²) >= 11 is 1.69. The smallest absolute Gasteiger partial charge is 0.0983 e. The zero-order valence-electron chi connectivity index (χ0n) is 8.19. The van der Waals surface area contributed by atoms with Crippen LogP contribution in [-0.2, 0) is 4.74 Å². The van der Waals surface area contributed by atoms with Crippen LogP contribution >= 0.6 is 11.3 Å². The first-order valence-electron chi connectivity index (χ1n) is 4.68. The van der Waals surface area contributed by atoms with Crippen molar-refractivity contribution in [2.45, 2.75) is 32.4 Å². The summed E-state index contributed by atoms with van der Waals surface area (Å²) in [5.41, 5.74) is 7.18. The molecule has 1 aromatic rings. The summed E-state index contributed by atoms with van der Waals surface area (Å²) in [5, 5.41) is 4.17. The topological polar surface area (TPSA) is 35.2 Å². The highest BCUT2D eigenvalue weighted by Crippen LogP contribution is 2.23. The fraction of sp³-hybridized carbons (Fsp3) is 0.600. The second-order valence-electron chi connectivity index (χ2n) is 3.00. The van der Waals surface area contributed by atoms with Gasteiger partial charge in [0.1, 0.15) is 0 Å². The molecular formula is C10H17NOS. The monoisotopic (exact) mass is 199 g/mol. The van der Waals surface area contributed by atoms with E-state index in [2.05, 4.69) is 23.8 Å². The number of thiophene rings is 1. The largest absolute Gasteiger partial charge is 0.372 e. The van der Waals surface area contributed by atoms with Crippen molar-refractivity contribution >= 4 is 11.3 Å². The Hall–Kier alpha value is -0.380. The van der Waals surface area contributed by atoms with Gasteiger partial charge in [-0.15, -0.1) is 0 Å². The van der Waals surface area contributed by atoms with Crippen molar-refractivity contribution in [3.8, 4) is 0 Å². The zero-order chi connectivity index (χ0) is 9.68. The Morgan fingerprint density at radius 1 is 1.54 bits per heavy atom. The highest BCUT2D eigenvalue weighted by Gasteiger charge is 2.18. The molecule has 0 bridgehead atoms. The minimum atomic E-state index is 0.0706. The van der Waals surface area contributed by atoms with E-state index in [1.165, 1.54) is 5.56 Å².